The Labute approximate surface area is 83.3 Å². The van der Waals surface area contributed by atoms with Crippen molar-refractivity contribution < 1.29 is 0 Å². The molecule has 0 unspecified atom stereocenters. The molecule has 1 rings (SSSR count). The third kappa shape index (κ3) is 1.87. The first kappa shape index (κ1) is 11.0. The molecule has 0 amide bonds. The second kappa shape index (κ2) is 2.95. The molecule has 5 nitrogen and oxygen atoms in total. The Morgan fingerprint density at radius 2 is 1.79 bits per heavy atom. The van der Waals surface area contributed by atoms with E-state index >= 15 is 0 Å². The lowest BCUT2D eigenvalue weighted by molar-refractivity contribution is 0.340. The largest absolute Gasteiger partial charge is 0.343 e. The van der Waals surface area contributed by atoms with E-state index in [0.717, 1.165) is 0 Å². The molecule has 1 heterocycles. The van der Waals surface area contributed by atoms with Gasteiger partial charge in [-0.1, -0.05) is 0 Å². The number of nitrogens with zero attached hydrogens (tertiary/aromatic N) is 2. The van der Waals surface area contributed by atoms with Gasteiger partial charge in [-0.25, -0.2) is 9.89 Å². The first-order valence-electron chi connectivity index (χ1n) is 4.61. The van der Waals surface area contributed by atoms with E-state index in [2.05, 4.69) is 10.2 Å². The van der Waals surface area contributed by atoms with E-state index in [9.17, 15) is 4.79 Å². The van der Waals surface area contributed by atoms with Crippen LogP contribution in [0.4, 0.5) is 0 Å². The van der Waals surface area contributed by atoms with Crippen LogP contribution < -0.4 is 11.4 Å². The molecule has 0 radical (unpaired) electrons. The highest BCUT2D eigenvalue weighted by molar-refractivity contribution is 5.03. The monoisotopic (exact) mass is 198 g/mol. The van der Waals surface area contributed by atoms with Gasteiger partial charge < -0.3 is 5.73 Å². The molecule has 14 heavy (non-hydrogen) atoms. The molecule has 0 aliphatic heterocycles. The summed E-state index contributed by atoms with van der Waals surface area (Å²) in [4.78, 5) is 11.5. The molecule has 0 saturated carbocycles. The molecule has 0 fully saturated rings. The van der Waals surface area contributed by atoms with Crippen LogP contribution in [0, 0.1) is 0 Å². The fraction of sp³-hybridized carbons (Fsp3) is 0.778. The Morgan fingerprint density at radius 1 is 1.29 bits per heavy atom. The number of nitrogens with one attached hydrogen (secondary N) is 1. The lowest BCUT2D eigenvalue weighted by atomic mass is 10.0. The smallest absolute Gasteiger partial charge is 0.319 e. The van der Waals surface area contributed by atoms with E-state index in [0.29, 0.717) is 5.82 Å². The number of rotatable bonds is 1. The molecule has 1 aromatic heterocycles. The summed E-state index contributed by atoms with van der Waals surface area (Å²) in [6.45, 7) is 9.48. The maximum Gasteiger partial charge on any atom is 0.343 e. The SMILES string of the molecule is CC(C)(N)c1n[nH]c(=O)n1C(C)(C)C. The molecule has 0 atom stereocenters. The fourth-order valence-electron chi connectivity index (χ4n) is 1.35. The van der Waals surface area contributed by atoms with E-state index in [4.69, 9.17) is 5.73 Å². The van der Waals surface area contributed by atoms with Gasteiger partial charge in [0.2, 0.25) is 0 Å². The molecule has 0 aliphatic carbocycles. The van der Waals surface area contributed by atoms with Crippen LogP contribution in [0.3, 0.4) is 0 Å². The van der Waals surface area contributed by atoms with Gasteiger partial charge in [-0.05, 0) is 34.6 Å². The Hall–Kier alpha value is -1.10. The zero-order valence-electron chi connectivity index (χ0n) is 9.38. The van der Waals surface area contributed by atoms with Crippen LogP contribution in [0.2, 0.25) is 0 Å². The van der Waals surface area contributed by atoms with Crippen molar-refractivity contribution >= 4 is 0 Å². The molecule has 80 valence electrons. The topological polar surface area (TPSA) is 76.7 Å². The van der Waals surface area contributed by atoms with Gasteiger partial charge in [0.15, 0.2) is 5.82 Å². The number of hydrogen-bond acceptors (Lipinski definition) is 3. The van der Waals surface area contributed by atoms with Gasteiger partial charge in [0, 0.05) is 5.54 Å². The van der Waals surface area contributed by atoms with Crippen LogP contribution in [0.1, 0.15) is 40.4 Å². The molecule has 0 bridgehead atoms. The normalized spacial score (nSPS) is 13.3. The zero-order valence-corrected chi connectivity index (χ0v) is 9.38. The van der Waals surface area contributed by atoms with Gasteiger partial charge in [0.05, 0.1) is 5.54 Å². The number of aromatic nitrogens is 3. The summed E-state index contributed by atoms with van der Waals surface area (Å²) in [5.41, 5.74) is 4.78. The first-order valence-corrected chi connectivity index (χ1v) is 4.61. The van der Waals surface area contributed by atoms with Crippen molar-refractivity contribution in [2.45, 2.75) is 45.7 Å². The second-order valence-electron chi connectivity index (χ2n) is 5.08. The third-order valence-electron chi connectivity index (χ3n) is 1.92. The maximum atomic E-state index is 11.5. The van der Waals surface area contributed by atoms with Gasteiger partial charge in [-0.3, -0.25) is 4.57 Å². The summed E-state index contributed by atoms with van der Waals surface area (Å²) in [5, 5.41) is 6.38. The Balaban J connectivity index is 3.43. The number of hydrogen-bond donors (Lipinski definition) is 2. The number of nitrogens with two attached hydrogens (primary N) is 1. The minimum atomic E-state index is -0.619. The molecule has 0 aliphatic rings. The summed E-state index contributed by atoms with van der Waals surface area (Å²) < 4.78 is 1.59. The van der Waals surface area contributed by atoms with Crippen molar-refractivity contribution in [3.8, 4) is 0 Å². The van der Waals surface area contributed by atoms with Gasteiger partial charge >= 0.3 is 5.69 Å². The van der Waals surface area contributed by atoms with Gasteiger partial charge in [-0.15, -0.1) is 0 Å². The number of aromatic amines is 1. The quantitative estimate of drug-likeness (QED) is 0.690. The molecule has 1 aromatic rings. The highest BCUT2D eigenvalue weighted by Gasteiger charge is 2.28. The molecular weight excluding hydrogens is 180 g/mol. The third-order valence-corrected chi connectivity index (χ3v) is 1.92. The van der Waals surface area contributed by atoms with Crippen molar-refractivity contribution in [2.75, 3.05) is 0 Å². The standard InChI is InChI=1S/C9H18N4O/c1-8(2,3)13-6(9(4,5)10)11-12-7(13)14/h10H2,1-5H3,(H,12,14). The van der Waals surface area contributed by atoms with Crippen LogP contribution in [-0.2, 0) is 11.1 Å². The van der Waals surface area contributed by atoms with Gasteiger partial charge in [-0.2, -0.15) is 5.10 Å². The Morgan fingerprint density at radius 3 is 2.07 bits per heavy atom. The van der Waals surface area contributed by atoms with Crippen molar-refractivity contribution in [3.05, 3.63) is 16.3 Å². The predicted octanol–water partition coefficient (Wildman–Crippen LogP) is 0.520. The van der Waals surface area contributed by atoms with Gasteiger partial charge in [0.1, 0.15) is 0 Å². The Kier molecular flexibility index (Phi) is 2.31. The van der Waals surface area contributed by atoms with Crippen LogP contribution in [-0.4, -0.2) is 14.8 Å². The Bertz CT molecular complexity index is 375. The summed E-state index contributed by atoms with van der Waals surface area (Å²) in [5.74, 6) is 0.579. The summed E-state index contributed by atoms with van der Waals surface area (Å²) in [6, 6.07) is 0. The number of H-pyrrole nitrogens is 1. The van der Waals surface area contributed by atoms with Gasteiger partial charge in [0.25, 0.3) is 0 Å². The summed E-state index contributed by atoms with van der Waals surface area (Å²) in [7, 11) is 0. The van der Waals surface area contributed by atoms with Crippen LogP contribution in [0.15, 0.2) is 4.79 Å². The van der Waals surface area contributed by atoms with Crippen molar-refractivity contribution in [1.82, 2.24) is 14.8 Å². The van der Waals surface area contributed by atoms with E-state index in [-0.39, 0.29) is 11.2 Å². The first-order chi connectivity index (χ1) is 6.14. The van der Waals surface area contributed by atoms with Crippen LogP contribution >= 0.6 is 0 Å². The average molecular weight is 198 g/mol. The van der Waals surface area contributed by atoms with E-state index in [1.807, 2.05) is 34.6 Å². The molecule has 0 spiro atoms. The fourth-order valence-corrected chi connectivity index (χ4v) is 1.35. The van der Waals surface area contributed by atoms with Crippen molar-refractivity contribution in [3.63, 3.8) is 0 Å². The maximum absolute atomic E-state index is 11.5. The van der Waals surface area contributed by atoms with Crippen LogP contribution in [0.5, 0.6) is 0 Å². The summed E-state index contributed by atoms with van der Waals surface area (Å²) >= 11 is 0. The van der Waals surface area contributed by atoms with E-state index in [1.54, 1.807) is 4.57 Å². The average Bonchev–Trinajstić information content (AvgIpc) is 2.27. The van der Waals surface area contributed by atoms with Crippen molar-refractivity contribution in [1.29, 1.82) is 0 Å². The lowest BCUT2D eigenvalue weighted by Gasteiger charge is -2.26. The predicted molar refractivity (Wildman–Crippen MR) is 55.1 cm³/mol. The van der Waals surface area contributed by atoms with Crippen LogP contribution in [0.25, 0.3) is 0 Å². The highest BCUT2D eigenvalue weighted by Crippen LogP contribution is 2.19. The highest BCUT2D eigenvalue weighted by atomic mass is 16.1. The summed E-state index contributed by atoms with van der Waals surface area (Å²) in [6.07, 6.45) is 0. The van der Waals surface area contributed by atoms with E-state index < -0.39 is 5.54 Å². The second-order valence-corrected chi connectivity index (χ2v) is 5.08. The molecule has 0 aromatic carbocycles. The lowest BCUT2D eigenvalue weighted by Crippen LogP contribution is -2.40. The minimum Gasteiger partial charge on any atom is -0.319 e. The minimum absolute atomic E-state index is 0.217. The molecule has 3 N–H and O–H groups in total. The van der Waals surface area contributed by atoms with Crippen molar-refractivity contribution in [2.24, 2.45) is 5.73 Å². The van der Waals surface area contributed by atoms with E-state index in [1.165, 1.54) is 0 Å². The zero-order chi connectivity index (χ0) is 11.1. The molecule has 0 saturated heterocycles. The molecule has 5 heteroatoms. The molecular formula is C9H18N4O.